The van der Waals surface area contributed by atoms with Gasteiger partial charge in [-0.15, -0.1) is 11.3 Å². The molecule has 0 unspecified atom stereocenters. The monoisotopic (exact) mass is 331 g/mol. The van der Waals surface area contributed by atoms with E-state index >= 15 is 0 Å². The van der Waals surface area contributed by atoms with Gasteiger partial charge in [0.1, 0.15) is 0 Å². The summed E-state index contributed by atoms with van der Waals surface area (Å²) in [6, 6.07) is 3.39. The van der Waals surface area contributed by atoms with Crippen molar-refractivity contribution in [3.63, 3.8) is 0 Å². The standard InChI is InChI=1S/C14H18ClNO4S/c1-19-10-6-8(14(18)20-2)5-9(10)7-16-13(17)11-3-4-12(15)21-11/h3-4,8-10H,5-7H2,1-2H3,(H,16,17)/t8-,9+,10-/m0/s1. The van der Waals surface area contributed by atoms with Gasteiger partial charge in [-0.05, 0) is 25.0 Å². The SMILES string of the molecule is COC(=O)[C@H]1C[C@H](CNC(=O)c2ccc(Cl)s2)[C@@H](OC)C1. The summed E-state index contributed by atoms with van der Waals surface area (Å²) in [7, 11) is 3.01. The average molecular weight is 332 g/mol. The van der Waals surface area contributed by atoms with Crippen molar-refractivity contribution in [1.82, 2.24) is 5.32 Å². The molecule has 0 saturated heterocycles. The van der Waals surface area contributed by atoms with Crippen LogP contribution in [-0.4, -0.2) is 38.7 Å². The van der Waals surface area contributed by atoms with Crippen LogP contribution in [0.15, 0.2) is 12.1 Å². The summed E-state index contributed by atoms with van der Waals surface area (Å²) in [5.74, 6) is -0.407. The Morgan fingerprint density at radius 2 is 2.14 bits per heavy atom. The van der Waals surface area contributed by atoms with Crippen LogP contribution in [0.4, 0.5) is 0 Å². The molecule has 0 aromatic carbocycles. The summed E-state index contributed by atoms with van der Waals surface area (Å²) >= 11 is 7.06. The lowest BCUT2D eigenvalue weighted by molar-refractivity contribution is -0.145. The van der Waals surface area contributed by atoms with E-state index in [0.29, 0.717) is 28.6 Å². The average Bonchev–Trinajstić information content (AvgIpc) is 3.09. The molecule has 1 N–H and O–H groups in total. The third-order valence-electron chi connectivity index (χ3n) is 3.79. The van der Waals surface area contributed by atoms with Gasteiger partial charge in [-0.1, -0.05) is 11.6 Å². The molecule has 1 aromatic rings. The fourth-order valence-electron chi connectivity index (χ4n) is 2.70. The van der Waals surface area contributed by atoms with Gasteiger partial charge in [0.05, 0.1) is 28.3 Å². The number of carbonyl (C=O) groups excluding carboxylic acids is 2. The summed E-state index contributed by atoms with van der Waals surface area (Å²) in [6.45, 7) is 0.473. The molecule has 2 rings (SSSR count). The Morgan fingerprint density at radius 1 is 1.38 bits per heavy atom. The molecular weight excluding hydrogens is 314 g/mol. The molecule has 1 aliphatic carbocycles. The maximum Gasteiger partial charge on any atom is 0.308 e. The molecule has 1 heterocycles. The highest BCUT2D eigenvalue weighted by molar-refractivity contribution is 7.17. The first kappa shape index (κ1) is 16.3. The lowest BCUT2D eigenvalue weighted by atomic mass is 10.0. The number of nitrogens with one attached hydrogen (secondary N) is 1. The molecular formula is C14H18ClNO4S. The first-order valence-electron chi connectivity index (χ1n) is 6.69. The fraction of sp³-hybridized carbons (Fsp3) is 0.571. The van der Waals surface area contributed by atoms with E-state index in [1.54, 1.807) is 19.2 Å². The van der Waals surface area contributed by atoms with Crippen molar-refractivity contribution >= 4 is 34.8 Å². The molecule has 0 spiro atoms. The van der Waals surface area contributed by atoms with Gasteiger partial charge >= 0.3 is 5.97 Å². The summed E-state index contributed by atoms with van der Waals surface area (Å²) in [5, 5.41) is 2.88. The Bertz CT molecular complexity index is 519. The minimum atomic E-state index is -0.212. The number of amides is 1. The minimum Gasteiger partial charge on any atom is -0.469 e. The van der Waals surface area contributed by atoms with Gasteiger partial charge in [-0.25, -0.2) is 0 Å². The van der Waals surface area contributed by atoms with Gasteiger partial charge in [-0.3, -0.25) is 9.59 Å². The molecule has 3 atom stereocenters. The van der Waals surface area contributed by atoms with Gasteiger partial charge in [-0.2, -0.15) is 0 Å². The lowest BCUT2D eigenvalue weighted by Gasteiger charge is -2.18. The van der Waals surface area contributed by atoms with E-state index in [9.17, 15) is 9.59 Å². The summed E-state index contributed by atoms with van der Waals surface area (Å²) in [6.07, 6.45) is 1.26. The van der Waals surface area contributed by atoms with Crippen LogP contribution < -0.4 is 5.32 Å². The number of hydrogen-bond donors (Lipinski definition) is 1. The van der Waals surface area contributed by atoms with Gasteiger partial charge in [0, 0.05) is 19.6 Å². The van der Waals surface area contributed by atoms with E-state index in [4.69, 9.17) is 21.1 Å². The second kappa shape index (κ2) is 7.24. The van der Waals surface area contributed by atoms with E-state index in [1.807, 2.05) is 0 Å². The fourth-order valence-corrected chi connectivity index (χ4v) is 3.66. The zero-order valence-electron chi connectivity index (χ0n) is 11.9. The van der Waals surface area contributed by atoms with Crippen molar-refractivity contribution in [3.8, 4) is 0 Å². The molecule has 1 aliphatic rings. The molecule has 21 heavy (non-hydrogen) atoms. The highest BCUT2D eigenvalue weighted by atomic mass is 35.5. The second-order valence-corrected chi connectivity index (χ2v) is 6.75. The Balaban J connectivity index is 1.89. The molecule has 0 bridgehead atoms. The van der Waals surface area contributed by atoms with E-state index in [2.05, 4.69) is 5.32 Å². The number of methoxy groups -OCH3 is 2. The molecule has 7 heteroatoms. The number of ether oxygens (including phenoxy) is 2. The van der Waals surface area contributed by atoms with Crippen molar-refractivity contribution in [2.45, 2.75) is 18.9 Å². The van der Waals surface area contributed by atoms with Crippen LogP contribution in [0.3, 0.4) is 0 Å². The van der Waals surface area contributed by atoms with E-state index in [0.717, 1.165) is 0 Å². The van der Waals surface area contributed by atoms with E-state index in [-0.39, 0.29) is 29.8 Å². The highest BCUT2D eigenvalue weighted by Crippen LogP contribution is 2.33. The minimum absolute atomic E-state index is 0.0404. The first-order chi connectivity index (χ1) is 10.0. The molecule has 5 nitrogen and oxygen atoms in total. The van der Waals surface area contributed by atoms with E-state index < -0.39 is 0 Å². The predicted octanol–water partition coefficient (Wildman–Crippen LogP) is 2.35. The first-order valence-corrected chi connectivity index (χ1v) is 7.88. The predicted molar refractivity (Wildman–Crippen MR) is 80.7 cm³/mol. The Kier molecular flexibility index (Phi) is 5.61. The van der Waals surface area contributed by atoms with E-state index in [1.165, 1.54) is 18.4 Å². The molecule has 0 aliphatic heterocycles. The number of thiophene rings is 1. The van der Waals surface area contributed by atoms with Gasteiger partial charge in [0.25, 0.3) is 5.91 Å². The number of rotatable bonds is 5. The molecule has 1 aromatic heterocycles. The maximum atomic E-state index is 12.0. The Hall–Kier alpha value is -1.11. The molecule has 1 fully saturated rings. The van der Waals surface area contributed by atoms with Crippen LogP contribution in [0.25, 0.3) is 0 Å². The van der Waals surface area contributed by atoms with Crippen LogP contribution in [0, 0.1) is 11.8 Å². The molecule has 0 radical (unpaired) electrons. The highest BCUT2D eigenvalue weighted by Gasteiger charge is 2.38. The molecule has 116 valence electrons. The van der Waals surface area contributed by atoms with Crippen molar-refractivity contribution < 1.29 is 19.1 Å². The zero-order chi connectivity index (χ0) is 15.4. The van der Waals surface area contributed by atoms with Crippen molar-refractivity contribution in [2.75, 3.05) is 20.8 Å². The van der Waals surface area contributed by atoms with Crippen LogP contribution in [0.2, 0.25) is 4.34 Å². The van der Waals surface area contributed by atoms with Gasteiger partial charge in [0.2, 0.25) is 0 Å². The normalized spacial score (nSPS) is 24.8. The quantitative estimate of drug-likeness (QED) is 0.841. The summed E-state index contributed by atoms with van der Waals surface area (Å²) in [4.78, 5) is 24.2. The van der Waals surface area contributed by atoms with Crippen molar-refractivity contribution in [2.24, 2.45) is 11.8 Å². The van der Waals surface area contributed by atoms with Crippen LogP contribution in [0.1, 0.15) is 22.5 Å². The molecule has 1 saturated carbocycles. The smallest absolute Gasteiger partial charge is 0.308 e. The second-order valence-electron chi connectivity index (χ2n) is 5.04. The van der Waals surface area contributed by atoms with Crippen molar-refractivity contribution in [1.29, 1.82) is 0 Å². The topological polar surface area (TPSA) is 64.6 Å². The maximum absolute atomic E-state index is 12.0. The van der Waals surface area contributed by atoms with Crippen LogP contribution in [0.5, 0.6) is 0 Å². The molecule has 1 amide bonds. The third kappa shape index (κ3) is 3.96. The van der Waals surface area contributed by atoms with Gasteiger partial charge < -0.3 is 14.8 Å². The third-order valence-corrected chi connectivity index (χ3v) is 5.02. The number of esters is 1. The Labute approximate surface area is 132 Å². The van der Waals surface area contributed by atoms with Crippen LogP contribution in [-0.2, 0) is 14.3 Å². The van der Waals surface area contributed by atoms with Gasteiger partial charge in [0.15, 0.2) is 0 Å². The largest absolute Gasteiger partial charge is 0.469 e. The summed E-state index contributed by atoms with van der Waals surface area (Å²) < 4.78 is 10.8. The number of halogens is 1. The Morgan fingerprint density at radius 3 is 2.71 bits per heavy atom. The summed E-state index contributed by atoms with van der Waals surface area (Å²) in [5.41, 5.74) is 0. The van der Waals surface area contributed by atoms with Crippen LogP contribution >= 0.6 is 22.9 Å². The number of hydrogen-bond acceptors (Lipinski definition) is 5. The lowest BCUT2D eigenvalue weighted by Crippen LogP contribution is -2.32. The number of carbonyl (C=O) groups is 2. The zero-order valence-corrected chi connectivity index (χ0v) is 13.5. The van der Waals surface area contributed by atoms with Crippen molar-refractivity contribution in [3.05, 3.63) is 21.3 Å².